The van der Waals surface area contributed by atoms with Gasteiger partial charge in [-0.3, -0.25) is 0 Å². The van der Waals surface area contributed by atoms with E-state index in [1.165, 1.54) is 128 Å². The SMILES string of the molecule is [CH2]CCCCC/C=C/CC(CCCCCCCCCCCCCCCC[CH2])C(C)C. The summed E-state index contributed by atoms with van der Waals surface area (Å²) >= 11 is 0. The van der Waals surface area contributed by atoms with Crippen LogP contribution in [0.1, 0.15) is 155 Å². The third kappa shape index (κ3) is 22.4. The van der Waals surface area contributed by atoms with Crippen molar-refractivity contribution in [3.8, 4) is 0 Å². The molecular formula is C30H58. The molecule has 0 saturated carbocycles. The van der Waals surface area contributed by atoms with Crippen LogP contribution in [0.4, 0.5) is 0 Å². The molecule has 30 heavy (non-hydrogen) atoms. The molecule has 0 aliphatic carbocycles. The first-order valence-electron chi connectivity index (χ1n) is 14.0. The highest BCUT2D eigenvalue weighted by Crippen LogP contribution is 2.23. The predicted octanol–water partition coefficient (Wildman–Crippen LogP) is 11.1. The summed E-state index contributed by atoms with van der Waals surface area (Å²) < 4.78 is 0. The zero-order valence-corrected chi connectivity index (χ0v) is 21.3. The lowest BCUT2D eigenvalue weighted by Crippen LogP contribution is -2.07. The maximum absolute atomic E-state index is 3.92. The molecule has 0 heterocycles. The highest BCUT2D eigenvalue weighted by Gasteiger charge is 2.11. The molecule has 0 N–H and O–H groups in total. The number of rotatable bonds is 24. The van der Waals surface area contributed by atoms with Crippen molar-refractivity contribution in [1.82, 2.24) is 0 Å². The smallest absolute Gasteiger partial charge is 0.0320 e. The summed E-state index contributed by atoms with van der Waals surface area (Å²) in [5.74, 6) is 1.71. The molecule has 0 rings (SSSR count). The Morgan fingerprint density at radius 3 is 1.33 bits per heavy atom. The van der Waals surface area contributed by atoms with Gasteiger partial charge in [0.1, 0.15) is 0 Å². The average molecular weight is 419 g/mol. The fraction of sp³-hybridized carbons (Fsp3) is 0.867. The van der Waals surface area contributed by atoms with E-state index in [0.29, 0.717) is 0 Å². The van der Waals surface area contributed by atoms with Crippen molar-refractivity contribution in [2.45, 2.75) is 155 Å². The summed E-state index contributed by atoms with van der Waals surface area (Å²) in [5.41, 5.74) is 0. The molecule has 0 aliphatic heterocycles. The zero-order valence-electron chi connectivity index (χ0n) is 21.3. The molecule has 0 heteroatoms. The van der Waals surface area contributed by atoms with Gasteiger partial charge in [-0.25, -0.2) is 0 Å². The molecule has 0 amide bonds. The normalized spacial score (nSPS) is 13.0. The van der Waals surface area contributed by atoms with Crippen LogP contribution in [0, 0.1) is 25.7 Å². The van der Waals surface area contributed by atoms with Gasteiger partial charge in [0.05, 0.1) is 0 Å². The summed E-state index contributed by atoms with van der Waals surface area (Å²) in [7, 11) is 0. The van der Waals surface area contributed by atoms with Crippen molar-refractivity contribution in [1.29, 1.82) is 0 Å². The Bertz CT molecular complexity index is 327. The van der Waals surface area contributed by atoms with Crippen LogP contribution >= 0.6 is 0 Å². The second-order valence-electron chi connectivity index (χ2n) is 10.0. The molecule has 0 aromatic carbocycles. The van der Waals surface area contributed by atoms with Crippen LogP contribution in [0.5, 0.6) is 0 Å². The van der Waals surface area contributed by atoms with Crippen LogP contribution in [0.2, 0.25) is 0 Å². The largest absolute Gasteiger partial charge is 0.0885 e. The summed E-state index contributed by atoms with van der Waals surface area (Å²) in [6, 6.07) is 0. The van der Waals surface area contributed by atoms with E-state index in [0.717, 1.165) is 24.7 Å². The van der Waals surface area contributed by atoms with Gasteiger partial charge in [0.15, 0.2) is 0 Å². The van der Waals surface area contributed by atoms with E-state index in [4.69, 9.17) is 0 Å². The molecule has 0 saturated heterocycles. The van der Waals surface area contributed by atoms with Crippen LogP contribution in [0.25, 0.3) is 0 Å². The molecule has 0 spiro atoms. The van der Waals surface area contributed by atoms with Crippen molar-refractivity contribution >= 4 is 0 Å². The molecular weight excluding hydrogens is 360 g/mol. The monoisotopic (exact) mass is 418 g/mol. The van der Waals surface area contributed by atoms with Gasteiger partial charge in [-0.2, -0.15) is 0 Å². The van der Waals surface area contributed by atoms with Gasteiger partial charge in [0.25, 0.3) is 0 Å². The number of hydrogen-bond acceptors (Lipinski definition) is 0. The minimum Gasteiger partial charge on any atom is -0.0885 e. The van der Waals surface area contributed by atoms with Crippen molar-refractivity contribution in [2.75, 3.05) is 0 Å². The average Bonchev–Trinajstić information content (AvgIpc) is 2.74. The minimum atomic E-state index is 0.824. The molecule has 1 unspecified atom stereocenters. The highest BCUT2D eigenvalue weighted by molar-refractivity contribution is 4.85. The van der Waals surface area contributed by atoms with Crippen LogP contribution in [-0.2, 0) is 0 Å². The molecule has 0 aliphatic rings. The molecule has 0 fully saturated rings. The first kappa shape index (κ1) is 29.7. The maximum atomic E-state index is 3.92. The van der Waals surface area contributed by atoms with Gasteiger partial charge in [-0.05, 0) is 37.5 Å². The topological polar surface area (TPSA) is 0 Å². The van der Waals surface area contributed by atoms with E-state index in [1.807, 2.05) is 0 Å². The van der Waals surface area contributed by atoms with Gasteiger partial charge < -0.3 is 0 Å². The van der Waals surface area contributed by atoms with E-state index in [1.54, 1.807) is 0 Å². The molecule has 0 nitrogen and oxygen atoms in total. The van der Waals surface area contributed by atoms with Gasteiger partial charge in [0.2, 0.25) is 0 Å². The number of unbranched alkanes of at least 4 members (excludes halogenated alkanes) is 18. The Balaban J connectivity index is 3.43. The summed E-state index contributed by atoms with van der Waals surface area (Å²) in [6.45, 7) is 12.7. The second kappa shape index (κ2) is 25.0. The first-order valence-corrected chi connectivity index (χ1v) is 14.0. The van der Waals surface area contributed by atoms with E-state index in [2.05, 4.69) is 39.8 Å². The van der Waals surface area contributed by atoms with Crippen LogP contribution in [0.15, 0.2) is 12.2 Å². The molecule has 0 aromatic heterocycles. The van der Waals surface area contributed by atoms with Gasteiger partial charge >= 0.3 is 0 Å². The quantitative estimate of drug-likeness (QED) is 0.108. The summed E-state index contributed by atoms with van der Waals surface area (Å²) in [4.78, 5) is 0. The molecule has 1 atom stereocenters. The molecule has 0 bridgehead atoms. The highest BCUT2D eigenvalue weighted by atomic mass is 14.2. The van der Waals surface area contributed by atoms with Gasteiger partial charge in [-0.1, -0.05) is 155 Å². The lowest BCUT2D eigenvalue weighted by atomic mass is 9.87. The molecule has 0 aromatic rings. The first-order chi connectivity index (χ1) is 14.7. The van der Waals surface area contributed by atoms with Gasteiger partial charge in [0, 0.05) is 0 Å². The van der Waals surface area contributed by atoms with Crippen molar-refractivity contribution < 1.29 is 0 Å². The summed E-state index contributed by atoms with van der Waals surface area (Å²) in [6.07, 6.45) is 35.3. The maximum Gasteiger partial charge on any atom is -0.0320 e. The van der Waals surface area contributed by atoms with Crippen LogP contribution in [-0.4, -0.2) is 0 Å². The van der Waals surface area contributed by atoms with Gasteiger partial charge in [-0.15, -0.1) is 0 Å². The van der Waals surface area contributed by atoms with Crippen molar-refractivity contribution in [2.24, 2.45) is 11.8 Å². The van der Waals surface area contributed by atoms with Crippen molar-refractivity contribution in [3.05, 3.63) is 26.0 Å². The lowest BCUT2D eigenvalue weighted by molar-refractivity contribution is 0.347. The standard InChI is InChI=1S/C30H58/c1-5-7-9-11-13-14-15-16-17-18-19-20-22-24-26-28-30(29(3)4)27-25-23-21-12-10-8-6-2/h23,25,29-30H,1-2,5-22,24,26-28H2,3-4H3/b25-23+. The Morgan fingerprint density at radius 1 is 0.500 bits per heavy atom. The molecule has 2 radical (unpaired) electrons. The lowest BCUT2D eigenvalue weighted by Gasteiger charge is -2.19. The van der Waals surface area contributed by atoms with E-state index < -0.39 is 0 Å². The van der Waals surface area contributed by atoms with Crippen molar-refractivity contribution in [3.63, 3.8) is 0 Å². The minimum absolute atomic E-state index is 0.824. The second-order valence-corrected chi connectivity index (χ2v) is 10.0. The van der Waals surface area contributed by atoms with Crippen LogP contribution in [0.3, 0.4) is 0 Å². The summed E-state index contributed by atoms with van der Waals surface area (Å²) in [5, 5.41) is 0. The third-order valence-electron chi connectivity index (χ3n) is 6.74. The fourth-order valence-electron chi connectivity index (χ4n) is 4.43. The van der Waals surface area contributed by atoms with E-state index in [-0.39, 0.29) is 0 Å². The molecule has 178 valence electrons. The van der Waals surface area contributed by atoms with E-state index >= 15 is 0 Å². The third-order valence-corrected chi connectivity index (χ3v) is 6.74. The van der Waals surface area contributed by atoms with Crippen LogP contribution < -0.4 is 0 Å². The number of allylic oxidation sites excluding steroid dienone is 2. The Labute approximate surface area is 193 Å². The Kier molecular flexibility index (Phi) is 24.8. The Morgan fingerprint density at radius 2 is 0.900 bits per heavy atom. The van der Waals surface area contributed by atoms with E-state index in [9.17, 15) is 0 Å². The number of hydrogen-bond donors (Lipinski definition) is 0. The zero-order chi connectivity index (χ0) is 22.1. The fourth-order valence-corrected chi connectivity index (χ4v) is 4.43. The predicted molar refractivity (Wildman–Crippen MR) is 140 cm³/mol. The Hall–Kier alpha value is -0.260.